The summed E-state index contributed by atoms with van der Waals surface area (Å²) in [5, 5.41) is 4.56. The number of amides is 2. The molecular weight excluding hydrogens is 523 g/mol. The number of hydrogen-bond donors (Lipinski definition) is 1. The van der Waals surface area contributed by atoms with Crippen molar-refractivity contribution in [2.24, 2.45) is 0 Å². The second-order valence-corrected chi connectivity index (χ2v) is 11.4. The molecule has 1 saturated carbocycles. The number of carbonyl (C=O) groups excluding carboxylic acids is 2. The fourth-order valence-electron chi connectivity index (χ4n) is 4.64. The Morgan fingerprint density at radius 2 is 1.46 bits per heavy atom. The number of benzene rings is 3. The molecule has 4 rings (SSSR count). The summed E-state index contributed by atoms with van der Waals surface area (Å²) in [5.74, 6) is 0.0428. The summed E-state index contributed by atoms with van der Waals surface area (Å²) in [6.45, 7) is 0.326. The van der Waals surface area contributed by atoms with Crippen LogP contribution in [0.3, 0.4) is 0 Å². The molecule has 1 aliphatic carbocycles. The van der Waals surface area contributed by atoms with Crippen LogP contribution in [-0.2, 0) is 22.6 Å². The number of nitrogens with zero attached hydrogens (tertiary/aromatic N) is 1. The minimum Gasteiger partial charge on any atom is -0.352 e. The molecule has 1 unspecified atom stereocenters. The van der Waals surface area contributed by atoms with Crippen LogP contribution in [-0.4, -0.2) is 34.6 Å². The lowest BCUT2D eigenvalue weighted by Gasteiger charge is -2.33. The van der Waals surface area contributed by atoms with Crippen molar-refractivity contribution in [3.8, 4) is 0 Å². The van der Waals surface area contributed by atoms with Gasteiger partial charge in [-0.1, -0.05) is 84.9 Å². The fraction of sp³-hybridized carbons (Fsp3) is 0.333. The van der Waals surface area contributed by atoms with Crippen molar-refractivity contribution in [3.63, 3.8) is 0 Å². The molecule has 0 heterocycles. The van der Waals surface area contributed by atoms with Crippen molar-refractivity contribution in [1.29, 1.82) is 0 Å². The molecule has 0 radical (unpaired) electrons. The molecule has 1 atom stereocenters. The highest BCUT2D eigenvalue weighted by Gasteiger charge is 2.31. The maximum atomic E-state index is 13.8. The van der Waals surface area contributed by atoms with E-state index in [1.807, 2.05) is 78.9 Å². The predicted octanol–water partition coefficient (Wildman–Crippen LogP) is 7.17. The molecule has 3 aromatic rings. The highest BCUT2D eigenvalue weighted by Crippen LogP contribution is 2.24. The van der Waals surface area contributed by atoms with Crippen molar-refractivity contribution in [2.45, 2.75) is 62.0 Å². The normalized spacial score (nSPS) is 14.6. The molecule has 1 aliphatic rings. The van der Waals surface area contributed by atoms with Gasteiger partial charge < -0.3 is 10.2 Å². The topological polar surface area (TPSA) is 49.4 Å². The largest absolute Gasteiger partial charge is 0.352 e. The monoisotopic (exact) mass is 554 g/mol. The Bertz CT molecular complexity index is 1150. The molecule has 4 nitrogen and oxygen atoms in total. The molecule has 2 amide bonds. The van der Waals surface area contributed by atoms with E-state index in [2.05, 4.69) is 5.32 Å². The van der Waals surface area contributed by atoms with E-state index < -0.39 is 6.04 Å². The predicted molar refractivity (Wildman–Crippen MR) is 153 cm³/mol. The third-order valence-electron chi connectivity index (χ3n) is 6.66. The first kappa shape index (κ1) is 27.6. The first-order chi connectivity index (χ1) is 18.0. The van der Waals surface area contributed by atoms with Crippen LogP contribution in [0.5, 0.6) is 0 Å². The van der Waals surface area contributed by atoms with Crippen LogP contribution in [0.15, 0.2) is 83.8 Å². The van der Waals surface area contributed by atoms with Gasteiger partial charge in [-0.3, -0.25) is 9.59 Å². The third kappa shape index (κ3) is 8.53. The molecule has 0 bridgehead atoms. The van der Waals surface area contributed by atoms with E-state index in [0.717, 1.165) is 41.7 Å². The van der Waals surface area contributed by atoms with Gasteiger partial charge >= 0.3 is 0 Å². The zero-order valence-corrected chi connectivity index (χ0v) is 23.1. The first-order valence-electron chi connectivity index (χ1n) is 12.7. The first-order valence-corrected chi connectivity index (χ1v) is 14.5. The van der Waals surface area contributed by atoms with Gasteiger partial charge in [-0.2, -0.15) is 0 Å². The molecule has 37 heavy (non-hydrogen) atoms. The van der Waals surface area contributed by atoms with E-state index in [-0.39, 0.29) is 23.6 Å². The number of thioether (sulfide) groups is 1. The number of halogens is 2. The lowest BCUT2D eigenvalue weighted by atomic mass is 9.94. The van der Waals surface area contributed by atoms with Crippen LogP contribution in [0.1, 0.15) is 43.2 Å². The Morgan fingerprint density at radius 1 is 0.838 bits per heavy atom. The number of nitrogens with one attached hydrogen (secondary N) is 1. The molecule has 194 valence electrons. The van der Waals surface area contributed by atoms with Crippen molar-refractivity contribution in [1.82, 2.24) is 10.2 Å². The van der Waals surface area contributed by atoms with E-state index >= 15 is 0 Å². The number of carbonyl (C=O) groups is 2. The molecule has 3 aromatic carbocycles. The molecule has 0 aromatic heterocycles. The smallest absolute Gasteiger partial charge is 0.243 e. The van der Waals surface area contributed by atoms with Crippen LogP contribution in [0.4, 0.5) is 0 Å². The summed E-state index contributed by atoms with van der Waals surface area (Å²) in [6, 6.07) is 24.3. The van der Waals surface area contributed by atoms with Crippen molar-refractivity contribution in [3.05, 3.63) is 100 Å². The van der Waals surface area contributed by atoms with Gasteiger partial charge in [0, 0.05) is 33.9 Å². The van der Waals surface area contributed by atoms with Gasteiger partial charge in [0.05, 0.1) is 5.75 Å². The van der Waals surface area contributed by atoms with E-state index in [1.165, 1.54) is 18.2 Å². The summed E-state index contributed by atoms with van der Waals surface area (Å²) in [6.07, 6.45) is 5.88. The van der Waals surface area contributed by atoms with E-state index in [4.69, 9.17) is 23.2 Å². The van der Waals surface area contributed by atoms with Crippen LogP contribution >= 0.6 is 35.0 Å². The third-order valence-corrected chi connectivity index (χ3v) is 8.17. The lowest BCUT2D eigenvalue weighted by Crippen LogP contribution is -2.53. The molecule has 7 heteroatoms. The van der Waals surface area contributed by atoms with E-state index in [0.29, 0.717) is 23.0 Å². The minimum absolute atomic E-state index is 0.0883. The maximum Gasteiger partial charge on any atom is 0.243 e. The molecule has 0 spiro atoms. The maximum absolute atomic E-state index is 13.8. The second kappa shape index (κ2) is 13.9. The Balaban J connectivity index is 1.59. The van der Waals surface area contributed by atoms with Crippen molar-refractivity contribution in [2.75, 3.05) is 5.75 Å². The van der Waals surface area contributed by atoms with Crippen LogP contribution in [0.2, 0.25) is 10.0 Å². The van der Waals surface area contributed by atoms with Gasteiger partial charge in [-0.05, 0) is 60.4 Å². The zero-order chi connectivity index (χ0) is 26.0. The SMILES string of the molecule is O=C(NC1CCCCC1)C(Cc1ccccc1)N(Cc1ccc(Cl)cc1)C(=O)CSc1ccc(Cl)cc1. The summed E-state index contributed by atoms with van der Waals surface area (Å²) in [4.78, 5) is 30.2. The number of hydrogen-bond acceptors (Lipinski definition) is 3. The molecule has 0 saturated heterocycles. The van der Waals surface area contributed by atoms with Crippen LogP contribution < -0.4 is 5.32 Å². The Hall–Kier alpha value is -2.47. The summed E-state index contributed by atoms with van der Waals surface area (Å²) >= 11 is 13.6. The van der Waals surface area contributed by atoms with Crippen LogP contribution in [0, 0.1) is 0 Å². The van der Waals surface area contributed by atoms with Gasteiger partial charge in [0.2, 0.25) is 11.8 Å². The van der Waals surface area contributed by atoms with E-state index in [1.54, 1.807) is 4.90 Å². The van der Waals surface area contributed by atoms with Crippen molar-refractivity contribution < 1.29 is 9.59 Å². The molecule has 0 aliphatic heterocycles. The van der Waals surface area contributed by atoms with Gasteiger partial charge in [-0.15, -0.1) is 11.8 Å². The Morgan fingerprint density at radius 3 is 2.11 bits per heavy atom. The second-order valence-electron chi connectivity index (χ2n) is 9.44. The highest BCUT2D eigenvalue weighted by molar-refractivity contribution is 8.00. The average Bonchev–Trinajstić information content (AvgIpc) is 2.92. The number of rotatable bonds is 10. The minimum atomic E-state index is -0.627. The molecule has 1 fully saturated rings. The van der Waals surface area contributed by atoms with E-state index in [9.17, 15) is 9.59 Å². The van der Waals surface area contributed by atoms with Gasteiger partial charge in [0.1, 0.15) is 6.04 Å². The van der Waals surface area contributed by atoms with Crippen LogP contribution in [0.25, 0.3) is 0 Å². The molecular formula is C30H32Cl2N2O2S. The van der Waals surface area contributed by atoms with Crippen molar-refractivity contribution >= 4 is 46.8 Å². The summed E-state index contributed by atoms with van der Waals surface area (Å²) < 4.78 is 0. The standard InChI is InChI=1S/C30H32Cl2N2O2S/c31-24-13-11-23(12-14-24)20-34(29(35)21-37-27-17-15-25(32)16-18-27)28(19-22-7-3-1-4-8-22)30(36)33-26-9-5-2-6-10-26/h1,3-4,7-8,11-18,26,28H,2,5-6,9-10,19-21H2,(H,33,36). The van der Waals surface area contributed by atoms with Gasteiger partial charge in [-0.25, -0.2) is 0 Å². The van der Waals surface area contributed by atoms with Gasteiger partial charge in [0.25, 0.3) is 0 Å². The summed E-state index contributed by atoms with van der Waals surface area (Å²) in [7, 11) is 0. The summed E-state index contributed by atoms with van der Waals surface area (Å²) in [5.41, 5.74) is 1.95. The zero-order valence-electron chi connectivity index (χ0n) is 20.7. The fourth-order valence-corrected chi connectivity index (χ4v) is 5.68. The Kier molecular flexibility index (Phi) is 10.4. The average molecular weight is 556 g/mol. The van der Waals surface area contributed by atoms with Gasteiger partial charge in [0.15, 0.2) is 0 Å². The Labute approximate surface area is 233 Å². The molecule has 1 N–H and O–H groups in total. The quantitative estimate of drug-likeness (QED) is 0.270. The highest BCUT2D eigenvalue weighted by atomic mass is 35.5. The lowest BCUT2D eigenvalue weighted by molar-refractivity contribution is -0.139.